The van der Waals surface area contributed by atoms with Gasteiger partial charge in [0.25, 0.3) is 5.91 Å². The van der Waals surface area contributed by atoms with E-state index in [1.54, 1.807) is 12.1 Å². The van der Waals surface area contributed by atoms with Crippen molar-refractivity contribution >= 4 is 28.4 Å². The molecule has 1 aromatic heterocycles. The molecule has 0 atom stereocenters. The van der Waals surface area contributed by atoms with E-state index < -0.39 is 0 Å². The van der Waals surface area contributed by atoms with E-state index in [2.05, 4.69) is 37.6 Å². The Morgan fingerprint density at radius 3 is 2.78 bits per heavy atom. The van der Waals surface area contributed by atoms with Gasteiger partial charge in [0.05, 0.1) is 5.57 Å². The second-order valence-electron chi connectivity index (χ2n) is 8.16. The molecule has 0 unspecified atom stereocenters. The van der Waals surface area contributed by atoms with E-state index in [0.717, 1.165) is 49.4 Å². The second-order valence-corrected chi connectivity index (χ2v) is 8.16. The van der Waals surface area contributed by atoms with Crippen molar-refractivity contribution in [3.63, 3.8) is 0 Å². The fourth-order valence-corrected chi connectivity index (χ4v) is 4.50. The largest absolute Gasteiger partial charge is 0.382 e. The summed E-state index contributed by atoms with van der Waals surface area (Å²) in [5, 5.41) is 13.3. The van der Waals surface area contributed by atoms with Gasteiger partial charge in [0, 0.05) is 41.6 Å². The molecule has 8 heteroatoms. The summed E-state index contributed by atoms with van der Waals surface area (Å²) in [6.45, 7) is 5.44. The molecule has 3 heterocycles. The van der Waals surface area contributed by atoms with Crippen molar-refractivity contribution in [2.45, 2.75) is 25.8 Å². The molecule has 1 fully saturated rings. The number of hydrogen-bond acceptors (Lipinski definition) is 5. The van der Waals surface area contributed by atoms with Gasteiger partial charge in [-0.2, -0.15) is 5.10 Å². The Morgan fingerprint density at radius 2 is 2.06 bits per heavy atom. The van der Waals surface area contributed by atoms with E-state index in [-0.39, 0.29) is 11.7 Å². The molecular weight excluding hydrogens is 407 g/mol. The maximum atomic E-state index is 14.0. The molecule has 0 radical (unpaired) electrons. The Balaban J connectivity index is 1.55. The zero-order valence-electron chi connectivity index (χ0n) is 17.9. The zero-order chi connectivity index (χ0) is 22.1. The smallest absolute Gasteiger partial charge is 0.257 e. The van der Waals surface area contributed by atoms with Crippen LogP contribution in [0.4, 0.5) is 15.8 Å². The highest BCUT2D eigenvalue weighted by Crippen LogP contribution is 2.40. The highest BCUT2D eigenvalue weighted by Gasteiger charge is 2.30. The highest BCUT2D eigenvalue weighted by atomic mass is 19.1. The number of likely N-dealkylation sites (tertiary alicyclic amines) is 1. The zero-order valence-corrected chi connectivity index (χ0v) is 17.9. The van der Waals surface area contributed by atoms with Crippen LogP contribution in [0, 0.1) is 5.82 Å². The molecule has 1 amide bonds. The van der Waals surface area contributed by atoms with E-state index in [9.17, 15) is 9.18 Å². The summed E-state index contributed by atoms with van der Waals surface area (Å²) >= 11 is 0. The fraction of sp³-hybridized carbons (Fsp3) is 0.292. The van der Waals surface area contributed by atoms with Crippen LogP contribution in [-0.4, -0.2) is 51.7 Å². The van der Waals surface area contributed by atoms with Gasteiger partial charge in [-0.3, -0.25) is 9.89 Å². The van der Waals surface area contributed by atoms with Gasteiger partial charge in [0.15, 0.2) is 5.82 Å². The van der Waals surface area contributed by atoms with Crippen molar-refractivity contribution in [2.24, 2.45) is 0 Å². The van der Waals surface area contributed by atoms with Gasteiger partial charge < -0.3 is 15.5 Å². The summed E-state index contributed by atoms with van der Waals surface area (Å²) in [6, 6.07) is 12.5. The molecular formula is C24H25FN6O. The van der Waals surface area contributed by atoms with Crippen molar-refractivity contribution in [1.29, 1.82) is 0 Å². The molecule has 7 nitrogen and oxygen atoms in total. The highest BCUT2D eigenvalue weighted by molar-refractivity contribution is 6.38. The lowest BCUT2D eigenvalue weighted by Gasteiger charge is -2.32. The van der Waals surface area contributed by atoms with Crippen LogP contribution >= 0.6 is 0 Å². The lowest BCUT2D eigenvalue weighted by Crippen LogP contribution is -2.38. The molecule has 0 saturated carbocycles. The first-order chi connectivity index (χ1) is 15.6. The van der Waals surface area contributed by atoms with Crippen LogP contribution in [0.15, 0.2) is 48.8 Å². The summed E-state index contributed by atoms with van der Waals surface area (Å²) in [6.07, 6.45) is 3.54. The Bertz CT molecular complexity index is 1160. The van der Waals surface area contributed by atoms with Crippen molar-refractivity contribution in [1.82, 2.24) is 20.1 Å². The van der Waals surface area contributed by atoms with Crippen molar-refractivity contribution in [3.05, 3.63) is 71.6 Å². The van der Waals surface area contributed by atoms with Gasteiger partial charge in [-0.25, -0.2) is 9.37 Å². The summed E-state index contributed by atoms with van der Waals surface area (Å²) in [5.41, 5.74) is 3.98. The number of amides is 1. The number of aromatic amines is 1. The van der Waals surface area contributed by atoms with Crippen LogP contribution < -0.4 is 10.6 Å². The Morgan fingerprint density at radius 1 is 1.22 bits per heavy atom. The first kappa shape index (κ1) is 20.4. The minimum atomic E-state index is -0.382. The Kier molecular flexibility index (Phi) is 5.45. The van der Waals surface area contributed by atoms with Gasteiger partial charge in [0.2, 0.25) is 0 Å². The lowest BCUT2D eigenvalue weighted by atomic mass is 9.94. The normalized spacial score (nSPS) is 18.4. The molecule has 32 heavy (non-hydrogen) atoms. The third-order valence-electron chi connectivity index (χ3n) is 6.18. The van der Waals surface area contributed by atoms with E-state index in [4.69, 9.17) is 0 Å². The number of H-pyrrole nitrogens is 1. The third kappa shape index (κ3) is 3.89. The quantitative estimate of drug-likeness (QED) is 0.535. The van der Waals surface area contributed by atoms with E-state index in [1.807, 2.05) is 18.2 Å². The number of fused-ring (bicyclic) bond motifs is 1. The summed E-state index contributed by atoms with van der Waals surface area (Å²) in [4.78, 5) is 19.8. The molecule has 0 aliphatic carbocycles. The van der Waals surface area contributed by atoms with Crippen LogP contribution in [-0.2, 0) is 4.79 Å². The lowest BCUT2D eigenvalue weighted by molar-refractivity contribution is -0.110. The first-order valence-corrected chi connectivity index (χ1v) is 10.9. The molecule has 3 aromatic rings. The number of rotatable bonds is 5. The summed E-state index contributed by atoms with van der Waals surface area (Å²) < 4.78 is 14.0. The van der Waals surface area contributed by atoms with Gasteiger partial charge in [0.1, 0.15) is 12.1 Å². The Hall–Kier alpha value is -3.52. The van der Waals surface area contributed by atoms with Crippen LogP contribution in [0.2, 0.25) is 0 Å². The maximum Gasteiger partial charge on any atom is 0.257 e. The molecule has 2 aromatic carbocycles. The fourth-order valence-electron chi connectivity index (χ4n) is 4.50. The average molecular weight is 433 g/mol. The van der Waals surface area contributed by atoms with Gasteiger partial charge in [-0.1, -0.05) is 19.1 Å². The predicted molar refractivity (Wildman–Crippen MR) is 123 cm³/mol. The van der Waals surface area contributed by atoms with E-state index in [1.165, 1.54) is 18.5 Å². The number of hydrogen-bond donors (Lipinski definition) is 3. The molecule has 2 aliphatic heterocycles. The number of anilines is 2. The topological polar surface area (TPSA) is 85.9 Å². The number of piperidine rings is 1. The van der Waals surface area contributed by atoms with Gasteiger partial charge >= 0.3 is 0 Å². The number of benzene rings is 2. The van der Waals surface area contributed by atoms with Crippen molar-refractivity contribution < 1.29 is 9.18 Å². The second kappa shape index (κ2) is 8.55. The standard InChI is InChI=1S/C24H25FN6O/c1-2-31-10-8-17(9-11-31)28-18-6-7-20-19(13-18)22(24(32)29-20)21(23-26-14-27-30-23)15-4-3-5-16(25)12-15/h3-7,12-14,17,28H,2,8-11H2,1H3,(H,29,32)(H,26,27,30). The van der Waals surface area contributed by atoms with Gasteiger partial charge in [-0.15, -0.1) is 0 Å². The summed E-state index contributed by atoms with van der Waals surface area (Å²) in [7, 11) is 0. The van der Waals surface area contributed by atoms with Gasteiger partial charge in [-0.05, 0) is 55.3 Å². The molecule has 3 N–H and O–H groups in total. The number of carbonyl (C=O) groups is 1. The average Bonchev–Trinajstić information content (AvgIpc) is 3.43. The van der Waals surface area contributed by atoms with Crippen LogP contribution in [0.3, 0.4) is 0 Å². The maximum absolute atomic E-state index is 14.0. The third-order valence-corrected chi connectivity index (χ3v) is 6.18. The van der Waals surface area contributed by atoms with Crippen molar-refractivity contribution in [3.8, 4) is 0 Å². The summed E-state index contributed by atoms with van der Waals surface area (Å²) in [5.74, 6) is -0.212. The van der Waals surface area contributed by atoms with Crippen LogP contribution in [0.5, 0.6) is 0 Å². The number of aromatic nitrogens is 3. The molecule has 0 bridgehead atoms. The van der Waals surface area contributed by atoms with Crippen LogP contribution in [0.25, 0.3) is 11.1 Å². The number of nitrogens with one attached hydrogen (secondary N) is 3. The SMILES string of the molecule is CCN1CCC(Nc2ccc3c(c2)C(=C(c2cccc(F)c2)c2ncn[nH]2)C(=O)N3)CC1. The molecule has 5 rings (SSSR count). The van der Waals surface area contributed by atoms with Crippen molar-refractivity contribution in [2.75, 3.05) is 30.3 Å². The number of halogens is 1. The number of nitrogens with zero attached hydrogens (tertiary/aromatic N) is 3. The van der Waals surface area contributed by atoms with Crippen LogP contribution in [0.1, 0.15) is 36.7 Å². The molecule has 0 spiro atoms. The molecule has 1 saturated heterocycles. The number of carbonyl (C=O) groups excluding carboxylic acids is 1. The molecule has 2 aliphatic rings. The molecule has 164 valence electrons. The monoisotopic (exact) mass is 432 g/mol. The van der Waals surface area contributed by atoms with E-state index >= 15 is 0 Å². The predicted octanol–water partition coefficient (Wildman–Crippen LogP) is 3.75. The minimum Gasteiger partial charge on any atom is -0.382 e. The Labute approximate surface area is 185 Å². The minimum absolute atomic E-state index is 0.246. The van der Waals surface area contributed by atoms with E-state index in [0.29, 0.717) is 28.6 Å². The first-order valence-electron chi connectivity index (χ1n) is 10.9.